The molecule has 4 rings (SSSR count). The number of fused-ring (bicyclic) bond motifs is 1. The van der Waals surface area contributed by atoms with Gasteiger partial charge in [-0.15, -0.1) is 11.3 Å². The van der Waals surface area contributed by atoms with Crippen molar-refractivity contribution in [2.24, 2.45) is 5.41 Å². The van der Waals surface area contributed by atoms with E-state index < -0.39 is 0 Å². The van der Waals surface area contributed by atoms with E-state index in [1.54, 1.807) is 11.3 Å². The number of carbonyl (C=O) groups excluding carboxylic acids is 1. The molecular formula is C15H19N3OS. The molecule has 0 bridgehead atoms. The number of rotatable bonds is 2. The molecule has 0 amide bonds. The maximum Gasteiger partial charge on any atom is 0.196 e. The quantitative estimate of drug-likeness (QED) is 0.796. The van der Waals surface area contributed by atoms with Crippen LogP contribution in [0.25, 0.3) is 4.96 Å². The highest BCUT2D eigenvalue weighted by atomic mass is 32.1. The number of hydrogen-bond donors (Lipinski definition) is 0. The lowest BCUT2D eigenvalue weighted by Gasteiger charge is -2.39. The summed E-state index contributed by atoms with van der Waals surface area (Å²) in [6.07, 6.45) is 11.0. The number of aldehydes is 1. The number of anilines is 1. The summed E-state index contributed by atoms with van der Waals surface area (Å²) in [6, 6.07) is 0. The van der Waals surface area contributed by atoms with Crippen molar-refractivity contribution in [2.75, 3.05) is 18.0 Å². The van der Waals surface area contributed by atoms with Gasteiger partial charge in [0.1, 0.15) is 5.69 Å². The smallest absolute Gasteiger partial charge is 0.196 e. The standard InChI is InChI=1S/C15H19N3OS/c19-11-12-13(16-14-18(12)9-10-20-14)17-7-5-15(6-8-17)3-1-2-4-15/h9-11H,1-8H2. The fraction of sp³-hybridized carbons (Fsp3) is 0.600. The van der Waals surface area contributed by atoms with Crippen molar-refractivity contribution < 1.29 is 4.79 Å². The highest BCUT2D eigenvalue weighted by molar-refractivity contribution is 7.15. The van der Waals surface area contributed by atoms with Gasteiger partial charge < -0.3 is 4.90 Å². The van der Waals surface area contributed by atoms with Crippen molar-refractivity contribution in [1.82, 2.24) is 9.38 Å². The second-order valence-corrected chi connectivity index (χ2v) is 7.06. The van der Waals surface area contributed by atoms with Crippen LogP contribution in [0.4, 0.5) is 5.82 Å². The van der Waals surface area contributed by atoms with Crippen molar-refractivity contribution in [3.05, 3.63) is 17.3 Å². The predicted octanol–water partition coefficient (Wildman–Crippen LogP) is 3.37. The van der Waals surface area contributed by atoms with E-state index in [0.29, 0.717) is 11.1 Å². The highest BCUT2D eigenvalue weighted by Gasteiger charge is 2.37. The Morgan fingerprint density at radius 2 is 1.95 bits per heavy atom. The summed E-state index contributed by atoms with van der Waals surface area (Å²) in [4.78, 5) is 19.3. The molecule has 2 aromatic heterocycles. The van der Waals surface area contributed by atoms with Crippen LogP contribution in [0.3, 0.4) is 0 Å². The van der Waals surface area contributed by atoms with Crippen molar-refractivity contribution in [3.63, 3.8) is 0 Å². The molecule has 2 aromatic rings. The first-order valence-corrected chi connectivity index (χ1v) is 8.35. The van der Waals surface area contributed by atoms with E-state index in [1.807, 2.05) is 16.0 Å². The largest absolute Gasteiger partial charge is 0.355 e. The Bertz CT molecular complexity index is 629. The molecule has 2 fully saturated rings. The van der Waals surface area contributed by atoms with Gasteiger partial charge in [-0.2, -0.15) is 0 Å². The molecule has 20 heavy (non-hydrogen) atoms. The Labute approximate surface area is 122 Å². The van der Waals surface area contributed by atoms with Gasteiger partial charge in [-0.1, -0.05) is 12.8 Å². The minimum Gasteiger partial charge on any atom is -0.355 e. The molecule has 1 saturated heterocycles. The molecule has 4 nitrogen and oxygen atoms in total. The lowest BCUT2D eigenvalue weighted by atomic mass is 9.77. The summed E-state index contributed by atoms with van der Waals surface area (Å²) in [6.45, 7) is 2.09. The van der Waals surface area contributed by atoms with Crippen molar-refractivity contribution in [2.45, 2.75) is 38.5 Å². The molecule has 5 heteroatoms. The molecule has 106 valence electrons. The van der Waals surface area contributed by atoms with Crippen molar-refractivity contribution in [1.29, 1.82) is 0 Å². The molecular weight excluding hydrogens is 270 g/mol. The van der Waals surface area contributed by atoms with Crippen LogP contribution in [0.1, 0.15) is 49.0 Å². The molecule has 0 N–H and O–H groups in total. The van der Waals surface area contributed by atoms with Gasteiger partial charge in [0.2, 0.25) is 0 Å². The lowest BCUT2D eigenvalue weighted by Crippen LogP contribution is -2.39. The Hall–Kier alpha value is -1.36. The van der Waals surface area contributed by atoms with Gasteiger partial charge in [0.05, 0.1) is 0 Å². The van der Waals surface area contributed by atoms with Gasteiger partial charge in [-0.05, 0) is 31.1 Å². The number of carbonyl (C=O) groups is 1. The van der Waals surface area contributed by atoms with Crippen LogP contribution in [-0.2, 0) is 0 Å². The first kappa shape index (κ1) is 12.4. The van der Waals surface area contributed by atoms with Crippen LogP contribution < -0.4 is 4.90 Å². The Morgan fingerprint density at radius 3 is 2.65 bits per heavy atom. The maximum absolute atomic E-state index is 11.4. The molecule has 0 radical (unpaired) electrons. The zero-order valence-corrected chi connectivity index (χ0v) is 12.4. The molecule has 0 aromatic carbocycles. The summed E-state index contributed by atoms with van der Waals surface area (Å²) in [5, 5.41) is 1.98. The van der Waals surface area contributed by atoms with Crippen LogP contribution in [-0.4, -0.2) is 28.8 Å². The highest BCUT2D eigenvalue weighted by Crippen LogP contribution is 2.46. The molecule has 0 atom stereocenters. The monoisotopic (exact) mass is 289 g/mol. The molecule has 0 unspecified atom stereocenters. The molecule has 1 saturated carbocycles. The zero-order chi connectivity index (χ0) is 13.6. The van der Waals surface area contributed by atoms with Gasteiger partial charge in [-0.25, -0.2) is 4.98 Å². The molecule has 1 aliphatic carbocycles. The third-order valence-electron chi connectivity index (χ3n) is 5.18. The minimum atomic E-state index is 0.606. The third kappa shape index (κ3) is 1.79. The summed E-state index contributed by atoms with van der Waals surface area (Å²) in [5.74, 6) is 0.889. The average Bonchev–Trinajstić information content (AvgIpc) is 3.15. The van der Waals surface area contributed by atoms with E-state index in [2.05, 4.69) is 9.88 Å². The van der Waals surface area contributed by atoms with Crippen LogP contribution >= 0.6 is 11.3 Å². The number of thiazole rings is 1. The van der Waals surface area contributed by atoms with Crippen LogP contribution in [0.5, 0.6) is 0 Å². The predicted molar refractivity (Wildman–Crippen MR) is 80.8 cm³/mol. The molecule has 3 heterocycles. The fourth-order valence-electron chi connectivity index (χ4n) is 3.95. The van der Waals surface area contributed by atoms with Crippen LogP contribution in [0.15, 0.2) is 11.6 Å². The van der Waals surface area contributed by atoms with Crippen LogP contribution in [0.2, 0.25) is 0 Å². The number of nitrogens with zero attached hydrogens (tertiary/aromatic N) is 3. The normalized spacial score (nSPS) is 21.9. The molecule has 1 aliphatic heterocycles. The van der Waals surface area contributed by atoms with Gasteiger partial charge in [-0.3, -0.25) is 9.20 Å². The summed E-state index contributed by atoms with van der Waals surface area (Å²) in [5.41, 5.74) is 1.32. The second kappa shape index (κ2) is 4.58. The van der Waals surface area contributed by atoms with E-state index in [1.165, 1.54) is 38.5 Å². The van der Waals surface area contributed by atoms with E-state index in [-0.39, 0.29) is 0 Å². The number of hydrogen-bond acceptors (Lipinski definition) is 4. The second-order valence-electron chi connectivity index (χ2n) is 6.19. The van der Waals surface area contributed by atoms with Gasteiger partial charge >= 0.3 is 0 Å². The number of aromatic nitrogens is 2. The topological polar surface area (TPSA) is 37.6 Å². The van der Waals surface area contributed by atoms with Crippen molar-refractivity contribution >= 4 is 28.4 Å². The third-order valence-corrected chi connectivity index (χ3v) is 5.94. The molecule has 1 spiro atoms. The Morgan fingerprint density at radius 1 is 1.20 bits per heavy atom. The van der Waals surface area contributed by atoms with Gasteiger partial charge in [0, 0.05) is 24.7 Å². The van der Waals surface area contributed by atoms with E-state index in [9.17, 15) is 4.79 Å². The maximum atomic E-state index is 11.4. The average molecular weight is 289 g/mol. The SMILES string of the molecule is O=Cc1c(N2CCC3(CCCC3)CC2)nc2sccn12. The summed E-state index contributed by atoms with van der Waals surface area (Å²) >= 11 is 1.59. The zero-order valence-electron chi connectivity index (χ0n) is 11.5. The first-order chi connectivity index (χ1) is 9.81. The molecule has 2 aliphatic rings. The van der Waals surface area contributed by atoms with E-state index in [0.717, 1.165) is 30.2 Å². The Kier molecular flexibility index (Phi) is 2.84. The minimum absolute atomic E-state index is 0.606. The lowest BCUT2D eigenvalue weighted by molar-refractivity contribution is 0.111. The first-order valence-electron chi connectivity index (χ1n) is 7.47. The van der Waals surface area contributed by atoms with Crippen molar-refractivity contribution in [3.8, 4) is 0 Å². The summed E-state index contributed by atoms with van der Waals surface area (Å²) in [7, 11) is 0. The van der Waals surface area contributed by atoms with Gasteiger partial charge in [0.15, 0.2) is 17.1 Å². The van der Waals surface area contributed by atoms with E-state index in [4.69, 9.17) is 0 Å². The number of piperidine rings is 1. The van der Waals surface area contributed by atoms with Crippen LogP contribution in [0, 0.1) is 5.41 Å². The number of imidazole rings is 1. The fourth-order valence-corrected chi connectivity index (χ4v) is 4.67. The summed E-state index contributed by atoms with van der Waals surface area (Å²) < 4.78 is 1.91. The van der Waals surface area contributed by atoms with Gasteiger partial charge in [0.25, 0.3) is 0 Å². The van der Waals surface area contributed by atoms with E-state index >= 15 is 0 Å². The Balaban J connectivity index is 1.61.